The van der Waals surface area contributed by atoms with Crippen LogP contribution in [0.1, 0.15) is 114 Å². The zero-order valence-corrected chi connectivity index (χ0v) is 37.0. The van der Waals surface area contributed by atoms with Gasteiger partial charge in [-0.1, -0.05) is 154 Å². The normalized spacial score (nSPS) is 30.5. The number of rotatable bonds is 14. The van der Waals surface area contributed by atoms with Crippen molar-refractivity contribution in [2.24, 2.45) is 5.92 Å². The minimum Gasteiger partial charge on any atom is -0.416 e. The van der Waals surface area contributed by atoms with E-state index in [-0.39, 0.29) is 35.4 Å². The molecule has 0 aromatic heterocycles. The lowest BCUT2D eigenvalue weighted by molar-refractivity contribution is -0.365. The number of hydrogen-bond acceptors (Lipinski definition) is 6. The summed E-state index contributed by atoms with van der Waals surface area (Å²) in [5, 5.41) is 2.50. The summed E-state index contributed by atoms with van der Waals surface area (Å²) in [6, 6.07) is 21.7. The third kappa shape index (κ3) is 8.24. The first-order valence-corrected chi connectivity index (χ1v) is 25.1. The van der Waals surface area contributed by atoms with Gasteiger partial charge in [0, 0.05) is 38.2 Å². The van der Waals surface area contributed by atoms with E-state index in [1.54, 1.807) is 0 Å². The second kappa shape index (κ2) is 16.9. The molecule has 7 atom stereocenters. The predicted octanol–water partition coefficient (Wildman–Crippen LogP) is 10.2. The highest BCUT2D eigenvalue weighted by molar-refractivity contribution is 6.99. The van der Waals surface area contributed by atoms with Gasteiger partial charge in [-0.15, -0.1) is 0 Å². The van der Waals surface area contributed by atoms with E-state index in [9.17, 15) is 0 Å². The Balaban J connectivity index is 1.05. The Morgan fingerprint density at radius 2 is 1.44 bits per heavy atom. The van der Waals surface area contributed by atoms with E-state index in [1.165, 1.54) is 10.4 Å². The molecule has 0 aliphatic carbocycles. The van der Waals surface area contributed by atoms with Gasteiger partial charge in [0.2, 0.25) is 0 Å². The largest absolute Gasteiger partial charge is 0.416 e. The Bertz CT molecular complexity index is 1490. The third-order valence-electron chi connectivity index (χ3n) is 13.1. The Morgan fingerprint density at radius 1 is 0.815 bits per heavy atom. The molecule has 4 aliphatic rings. The molecule has 4 aliphatic heterocycles. The van der Waals surface area contributed by atoms with Crippen LogP contribution < -0.4 is 10.4 Å². The summed E-state index contributed by atoms with van der Waals surface area (Å²) in [6.45, 7) is 24.7. The number of ether oxygens (including phenoxy) is 4. The molecule has 2 aromatic carbocycles. The average Bonchev–Trinajstić information content (AvgIpc) is 3.68. The van der Waals surface area contributed by atoms with E-state index in [0.29, 0.717) is 23.2 Å². The molecule has 6 nitrogen and oxygen atoms in total. The molecule has 4 heterocycles. The molecule has 0 amide bonds. The van der Waals surface area contributed by atoms with Crippen molar-refractivity contribution < 1.29 is 27.8 Å². The number of allylic oxidation sites excluding steroid dienone is 1. The van der Waals surface area contributed by atoms with Crippen LogP contribution >= 0.6 is 0 Å². The molecule has 2 spiro atoms. The van der Waals surface area contributed by atoms with Gasteiger partial charge in [0.1, 0.15) is 0 Å². The van der Waals surface area contributed by atoms with E-state index >= 15 is 0 Å². The van der Waals surface area contributed by atoms with Gasteiger partial charge in [0.05, 0.1) is 31.0 Å². The highest BCUT2D eigenvalue weighted by atomic mass is 28.4. The summed E-state index contributed by atoms with van der Waals surface area (Å²) in [5.74, 6) is -1.12. The highest BCUT2D eigenvalue weighted by Gasteiger charge is 2.60. The first-order chi connectivity index (χ1) is 25.7. The summed E-state index contributed by atoms with van der Waals surface area (Å²) < 4.78 is 41.6. The fourth-order valence-corrected chi connectivity index (χ4v) is 20.6. The van der Waals surface area contributed by atoms with Crippen LogP contribution in [0.4, 0.5) is 0 Å². The molecular formula is C46H70O6Si2. The minimum atomic E-state index is -2.66. The summed E-state index contributed by atoms with van der Waals surface area (Å²) in [5.41, 5.74) is 1.83. The predicted molar refractivity (Wildman–Crippen MR) is 225 cm³/mol. The molecule has 54 heavy (non-hydrogen) atoms. The Labute approximate surface area is 329 Å². The topological polar surface area (TPSA) is 55.4 Å². The summed E-state index contributed by atoms with van der Waals surface area (Å²) in [4.78, 5) is 0. The number of hydrogen-bond donors (Lipinski definition) is 0. The second-order valence-electron chi connectivity index (χ2n) is 18.6. The van der Waals surface area contributed by atoms with Crippen LogP contribution in [0.3, 0.4) is 0 Å². The number of fused-ring (bicyclic) bond motifs is 1. The first kappa shape index (κ1) is 41.7. The maximum atomic E-state index is 7.29. The molecule has 3 fully saturated rings. The smallest absolute Gasteiger partial charge is 0.261 e. The van der Waals surface area contributed by atoms with Crippen molar-refractivity contribution in [2.75, 3.05) is 13.2 Å². The molecule has 6 rings (SSSR count). The maximum Gasteiger partial charge on any atom is 0.261 e. The summed E-state index contributed by atoms with van der Waals surface area (Å²) in [7, 11) is -4.49. The van der Waals surface area contributed by atoms with Crippen molar-refractivity contribution in [2.45, 2.75) is 172 Å². The van der Waals surface area contributed by atoms with Gasteiger partial charge in [-0.25, -0.2) is 0 Å². The second-order valence-corrected chi connectivity index (χ2v) is 28.3. The number of unbranched alkanes of at least 4 members (excludes halogenated alkanes) is 1. The van der Waals surface area contributed by atoms with Crippen LogP contribution in [0.25, 0.3) is 0 Å². The van der Waals surface area contributed by atoms with Gasteiger partial charge in [0.25, 0.3) is 8.32 Å². The standard InChI is InChI=1S/C46H70O6Si2/c1-34(2)53(35(3)4,36(5)6)47-30-19-13-14-21-38-22-20-27-45(50-38)28-29-46(52-45)37(7)31-42-43(51-46)32-39(49-42)33-48-54(44(8,9)10,40-23-15-11-16-24-40)41-25-17-12-18-26-41/h11-12,14-18,20-26,34-39,42-43H,13,19,27-33H2,1-10H3/b21-14+/t37-,38-,39+,42-,43-,45+,46-/m0/s1. The fourth-order valence-electron chi connectivity index (χ4n) is 10.6. The molecule has 0 saturated carbocycles. The van der Waals surface area contributed by atoms with Crippen LogP contribution in [0.5, 0.6) is 0 Å². The summed E-state index contributed by atoms with van der Waals surface area (Å²) in [6.07, 6.45) is 14.9. The van der Waals surface area contributed by atoms with Gasteiger partial charge >= 0.3 is 0 Å². The molecule has 0 bridgehead atoms. The van der Waals surface area contributed by atoms with E-state index in [4.69, 9.17) is 27.8 Å². The third-order valence-corrected chi connectivity index (χ3v) is 24.2. The lowest BCUT2D eigenvalue weighted by Gasteiger charge is -2.45. The SMILES string of the molecule is CC(C)[Si](OCCC/C=C/[C@H]1C=CC[C@@]2(CC[C@]3(O[C@H]4C[C@H](CO[Si](c5ccccc5)(c5ccccc5)C(C)(C)C)O[C@H]4C[C@@H]3C)O2)O1)(C(C)C)C(C)C. The lowest BCUT2D eigenvalue weighted by Crippen LogP contribution is -2.67. The van der Waals surface area contributed by atoms with Crippen molar-refractivity contribution in [3.05, 3.63) is 85.0 Å². The quantitative estimate of drug-likeness (QED) is 0.108. The van der Waals surface area contributed by atoms with Gasteiger partial charge < -0.3 is 27.8 Å². The number of benzene rings is 2. The van der Waals surface area contributed by atoms with E-state index in [0.717, 1.165) is 51.6 Å². The fraction of sp³-hybridized carbons (Fsp3) is 0.652. The van der Waals surface area contributed by atoms with Crippen LogP contribution in [-0.2, 0) is 27.8 Å². The van der Waals surface area contributed by atoms with Crippen LogP contribution in [0, 0.1) is 5.92 Å². The molecule has 0 radical (unpaired) electrons. The molecule has 0 unspecified atom stereocenters. The molecule has 8 heteroatoms. The Hall–Kier alpha value is -1.89. The Kier molecular flexibility index (Phi) is 13.1. The molecule has 3 saturated heterocycles. The highest BCUT2D eigenvalue weighted by Crippen LogP contribution is 2.53. The zero-order valence-electron chi connectivity index (χ0n) is 35.0. The van der Waals surface area contributed by atoms with Crippen molar-refractivity contribution >= 4 is 27.0 Å². The van der Waals surface area contributed by atoms with Crippen molar-refractivity contribution in [1.29, 1.82) is 0 Å². The van der Waals surface area contributed by atoms with Crippen LogP contribution in [0.15, 0.2) is 85.0 Å². The molecule has 2 aromatic rings. The monoisotopic (exact) mass is 774 g/mol. The minimum absolute atomic E-state index is 0.0231. The van der Waals surface area contributed by atoms with Crippen molar-refractivity contribution in [1.82, 2.24) is 0 Å². The maximum absolute atomic E-state index is 7.29. The molecular weight excluding hydrogens is 705 g/mol. The molecule has 298 valence electrons. The lowest BCUT2D eigenvalue weighted by atomic mass is 9.86. The zero-order chi connectivity index (χ0) is 38.8. The van der Waals surface area contributed by atoms with Crippen molar-refractivity contribution in [3.8, 4) is 0 Å². The van der Waals surface area contributed by atoms with Crippen LogP contribution in [-0.4, -0.2) is 65.8 Å². The van der Waals surface area contributed by atoms with Crippen molar-refractivity contribution in [3.63, 3.8) is 0 Å². The van der Waals surface area contributed by atoms with E-state index < -0.39 is 28.2 Å². The first-order valence-electron chi connectivity index (χ1n) is 21.1. The van der Waals surface area contributed by atoms with Crippen LogP contribution in [0.2, 0.25) is 21.7 Å². The van der Waals surface area contributed by atoms with Gasteiger partial charge in [-0.05, 0) is 51.3 Å². The molecule has 0 N–H and O–H groups in total. The van der Waals surface area contributed by atoms with Gasteiger partial charge in [-0.2, -0.15) is 0 Å². The van der Waals surface area contributed by atoms with Gasteiger partial charge in [-0.3, -0.25) is 0 Å². The van der Waals surface area contributed by atoms with E-state index in [2.05, 4.69) is 154 Å². The Morgan fingerprint density at radius 3 is 2.04 bits per heavy atom. The summed E-state index contributed by atoms with van der Waals surface area (Å²) >= 11 is 0. The average molecular weight is 775 g/mol. The van der Waals surface area contributed by atoms with Gasteiger partial charge in [0.15, 0.2) is 19.9 Å². The van der Waals surface area contributed by atoms with E-state index in [1.807, 2.05) is 0 Å².